The smallest absolute Gasteiger partial charge is 0.230 e. The molecule has 114 valence electrons. The first-order valence-corrected chi connectivity index (χ1v) is 9.16. The Balaban J connectivity index is 2.19. The van der Waals surface area contributed by atoms with Gasteiger partial charge in [-0.1, -0.05) is 90.5 Å². The number of benzene rings is 3. The lowest BCUT2D eigenvalue weighted by molar-refractivity contribution is 0.107. The number of rotatable bonds is 4. The predicted octanol–water partition coefficient (Wildman–Crippen LogP) is 4.15. The molecule has 0 bridgehead atoms. The van der Waals surface area contributed by atoms with Crippen LogP contribution in [-0.4, -0.2) is 5.52 Å². The first-order chi connectivity index (χ1) is 11.1. The van der Waals surface area contributed by atoms with Crippen LogP contribution in [0.25, 0.3) is 0 Å². The van der Waals surface area contributed by atoms with Gasteiger partial charge in [0, 0.05) is 16.2 Å². The van der Waals surface area contributed by atoms with Crippen LogP contribution in [0.15, 0.2) is 84.9 Å². The first kappa shape index (κ1) is 15.5. The molecule has 23 heavy (non-hydrogen) atoms. The van der Waals surface area contributed by atoms with Gasteiger partial charge >= 0.3 is 0 Å². The molecule has 0 saturated heterocycles. The Kier molecular flexibility index (Phi) is 4.27. The second kappa shape index (κ2) is 6.36. The number of hydrogen-bond donors (Lipinski definition) is 0. The van der Waals surface area contributed by atoms with E-state index in [0.717, 1.165) is 5.56 Å². The van der Waals surface area contributed by atoms with Crippen molar-refractivity contribution in [2.45, 2.75) is 6.92 Å². The fourth-order valence-electron chi connectivity index (χ4n) is 2.54. The molecule has 0 aliphatic heterocycles. The molecule has 0 unspecified atom stereocenters. The molecule has 3 aromatic rings. The molecule has 3 aromatic carbocycles. The van der Waals surface area contributed by atoms with Gasteiger partial charge in [0.1, 0.15) is 0 Å². The fourth-order valence-corrected chi connectivity index (χ4v) is 5.00. The monoisotopic (exact) mass is 320 g/mol. The molecular weight excluding hydrogens is 303 g/mol. The standard InChI is InChI=1S/C20H17O2P/c1-16-12-14-17(15-13-16)20(21)23(22,18-8-4-2-5-9-18)19-10-6-3-7-11-19/h2-15H,1H3. The van der Waals surface area contributed by atoms with E-state index < -0.39 is 7.14 Å². The van der Waals surface area contributed by atoms with Crippen molar-refractivity contribution in [2.75, 3.05) is 0 Å². The Hall–Kier alpha value is -2.44. The van der Waals surface area contributed by atoms with Gasteiger partial charge in [0.2, 0.25) is 12.7 Å². The summed E-state index contributed by atoms with van der Waals surface area (Å²) in [4.78, 5) is 13.1. The van der Waals surface area contributed by atoms with Gasteiger partial charge in [-0.25, -0.2) is 0 Å². The minimum absolute atomic E-state index is 0.324. The molecule has 0 amide bonds. The summed E-state index contributed by atoms with van der Waals surface area (Å²) in [6.45, 7) is 1.96. The van der Waals surface area contributed by atoms with Crippen LogP contribution in [0.3, 0.4) is 0 Å². The van der Waals surface area contributed by atoms with Crippen LogP contribution in [0.2, 0.25) is 0 Å². The van der Waals surface area contributed by atoms with Crippen molar-refractivity contribution in [3.8, 4) is 0 Å². The highest BCUT2D eigenvalue weighted by molar-refractivity contribution is 7.93. The second-order valence-corrected chi connectivity index (χ2v) is 8.11. The van der Waals surface area contributed by atoms with Gasteiger partial charge in [0.15, 0.2) is 0 Å². The molecule has 0 spiro atoms. The summed E-state index contributed by atoms with van der Waals surface area (Å²) < 4.78 is 13.9. The SMILES string of the molecule is Cc1ccc(C(=O)P(=O)(c2ccccc2)c2ccccc2)cc1. The zero-order chi connectivity index (χ0) is 16.3. The summed E-state index contributed by atoms with van der Waals surface area (Å²) in [6, 6.07) is 25.2. The highest BCUT2D eigenvalue weighted by Crippen LogP contribution is 2.46. The third kappa shape index (κ3) is 2.91. The van der Waals surface area contributed by atoms with E-state index in [0.29, 0.717) is 16.2 Å². The number of carbonyl (C=O) groups is 1. The lowest BCUT2D eigenvalue weighted by Gasteiger charge is -2.18. The maximum atomic E-state index is 13.9. The van der Waals surface area contributed by atoms with E-state index in [4.69, 9.17) is 0 Å². The largest absolute Gasteiger partial charge is 0.305 e. The Morgan fingerprint density at radius 1 is 0.696 bits per heavy atom. The van der Waals surface area contributed by atoms with Crippen LogP contribution in [0.4, 0.5) is 0 Å². The maximum absolute atomic E-state index is 13.9. The molecule has 3 rings (SSSR count). The lowest BCUT2D eigenvalue weighted by atomic mass is 10.2. The van der Waals surface area contributed by atoms with E-state index in [1.54, 1.807) is 36.4 Å². The Bertz CT molecular complexity index is 810. The number of hydrogen-bond acceptors (Lipinski definition) is 2. The van der Waals surface area contributed by atoms with E-state index in [1.807, 2.05) is 55.5 Å². The first-order valence-electron chi connectivity index (χ1n) is 7.45. The minimum Gasteiger partial charge on any atom is -0.305 e. The Morgan fingerprint density at radius 3 is 1.57 bits per heavy atom. The zero-order valence-electron chi connectivity index (χ0n) is 12.8. The van der Waals surface area contributed by atoms with Crippen molar-refractivity contribution in [1.82, 2.24) is 0 Å². The average molecular weight is 320 g/mol. The van der Waals surface area contributed by atoms with Crippen LogP contribution >= 0.6 is 7.14 Å². The van der Waals surface area contributed by atoms with E-state index in [9.17, 15) is 9.36 Å². The van der Waals surface area contributed by atoms with Crippen LogP contribution in [0, 0.1) is 6.92 Å². The van der Waals surface area contributed by atoms with Gasteiger partial charge in [0.25, 0.3) is 0 Å². The summed E-state index contributed by atoms with van der Waals surface area (Å²) >= 11 is 0. The van der Waals surface area contributed by atoms with Gasteiger partial charge in [-0.2, -0.15) is 0 Å². The molecule has 0 fully saturated rings. The zero-order valence-corrected chi connectivity index (χ0v) is 13.7. The van der Waals surface area contributed by atoms with Gasteiger partial charge in [-0.3, -0.25) is 4.79 Å². The van der Waals surface area contributed by atoms with Crippen molar-refractivity contribution in [1.29, 1.82) is 0 Å². The van der Waals surface area contributed by atoms with Crippen molar-refractivity contribution >= 4 is 23.3 Å². The molecule has 0 saturated carbocycles. The van der Waals surface area contributed by atoms with Gasteiger partial charge in [-0.15, -0.1) is 0 Å². The number of carbonyl (C=O) groups excluding carboxylic acids is 1. The highest BCUT2D eigenvalue weighted by atomic mass is 31.2. The summed E-state index contributed by atoms with van der Waals surface area (Å²) in [5, 5.41) is 1.13. The quantitative estimate of drug-likeness (QED) is 0.677. The molecule has 0 aromatic heterocycles. The van der Waals surface area contributed by atoms with Crippen LogP contribution < -0.4 is 10.6 Å². The minimum atomic E-state index is -3.39. The lowest BCUT2D eigenvalue weighted by Crippen LogP contribution is -2.22. The van der Waals surface area contributed by atoms with Crippen molar-refractivity contribution in [2.24, 2.45) is 0 Å². The Labute approximate surface area is 136 Å². The molecule has 2 nitrogen and oxygen atoms in total. The predicted molar refractivity (Wildman–Crippen MR) is 95.3 cm³/mol. The van der Waals surface area contributed by atoms with Crippen LogP contribution in [-0.2, 0) is 4.57 Å². The maximum Gasteiger partial charge on any atom is 0.230 e. The van der Waals surface area contributed by atoms with E-state index in [2.05, 4.69) is 0 Å². The van der Waals surface area contributed by atoms with Gasteiger partial charge < -0.3 is 4.57 Å². The topological polar surface area (TPSA) is 34.1 Å². The molecular formula is C20H17O2P. The molecule has 0 radical (unpaired) electrons. The van der Waals surface area contributed by atoms with Crippen molar-refractivity contribution in [3.05, 3.63) is 96.1 Å². The van der Waals surface area contributed by atoms with E-state index >= 15 is 0 Å². The number of aryl methyl sites for hydroxylation is 1. The third-order valence-corrected chi connectivity index (χ3v) is 6.71. The normalized spacial score (nSPS) is 11.2. The second-order valence-electron chi connectivity index (χ2n) is 5.45. The van der Waals surface area contributed by atoms with Crippen molar-refractivity contribution < 1.29 is 9.36 Å². The van der Waals surface area contributed by atoms with E-state index in [-0.39, 0.29) is 5.52 Å². The summed E-state index contributed by atoms with van der Waals surface area (Å²) in [7, 11) is -3.39. The van der Waals surface area contributed by atoms with E-state index in [1.165, 1.54) is 0 Å². The Morgan fingerprint density at radius 2 is 1.13 bits per heavy atom. The summed E-state index contributed by atoms with van der Waals surface area (Å²) in [6.07, 6.45) is 0. The molecule has 0 heterocycles. The summed E-state index contributed by atoms with van der Waals surface area (Å²) in [5.74, 6) is 0. The molecule has 3 heteroatoms. The van der Waals surface area contributed by atoms with Crippen molar-refractivity contribution in [3.63, 3.8) is 0 Å². The van der Waals surface area contributed by atoms with Gasteiger partial charge in [0.05, 0.1) is 0 Å². The summed E-state index contributed by atoms with van der Waals surface area (Å²) in [5.41, 5.74) is 1.22. The molecule has 0 atom stereocenters. The average Bonchev–Trinajstić information content (AvgIpc) is 2.62. The van der Waals surface area contributed by atoms with Gasteiger partial charge in [-0.05, 0) is 6.92 Å². The third-order valence-electron chi connectivity index (χ3n) is 3.82. The van der Waals surface area contributed by atoms with Crippen LogP contribution in [0.1, 0.15) is 15.9 Å². The molecule has 0 aliphatic rings. The van der Waals surface area contributed by atoms with Crippen LogP contribution in [0.5, 0.6) is 0 Å². The fraction of sp³-hybridized carbons (Fsp3) is 0.0500. The molecule has 0 N–H and O–H groups in total. The molecule has 0 aliphatic carbocycles. The highest BCUT2D eigenvalue weighted by Gasteiger charge is 2.36.